The van der Waals surface area contributed by atoms with Crippen LogP contribution in [0.5, 0.6) is 0 Å². The lowest BCUT2D eigenvalue weighted by atomic mass is 9.59. The molecule has 0 N–H and O–H groups in total. The number of thiol groups is 1. The Kier molecular flexibility index (Phi) is 4.88. The second-order valence-corrected chi connectivity index (χ2v) is 13.3. The van der Waals surface area contributed by atoms with Gasteiger partial charge in [-0.2, -0.15) is 12.6 Å². The molecular formula is C29H46S. The predicted octanol–water partition coefficient (Wildman–Crippen LogP) is 8.64. The first-order valence-corrected chi connectivity index (χ1v) is 14.1. The van der Waals surface area contributed by atoms with Crippen molar-refractivity contribution in [3.63, 3.8) is 0 Å². The molecule has 6 rings (SSSR count). The van der Waals surface area contributed by atoms with Crippen molar-refractivity contribution in [1.29, 1.82) is 0 Å². The van der Waals surface area contributed by atoms with Gasteiger partial charge >= 0.3 is 0 Å². The van der Waals surface area contributed by atoms with Gasteiger partial charge in [0.25, 0.3) is 0 Å². The SMILES string of the molecule is CCC1CCCCC1/C=C/CC1CCC2C1(C)CCC1C34CCC(S)CC3=CCC214.[HH]. The second-order valence-electron chi connectivity index (χ2n) is 12.5. The Morgan fingerprint density at radius 1 is 1.07 bits per heavy atom. The summed E-state index contributed by atoms with van der Waals surface area (Å²) in [5, 5.41) is 0.638. The summed E-state index contributed by atoms with van der Waals surface area (Å²) in [6.45, 7) is 5.14. The Bertz CT molecular complexity index is 756. The van der Waals surface area contributed by atoms with Crippen LogP contribution in [-0.4, -0.2) is 5.25 Å². The van der Waals surface area contributed by atoms with Crippen LogP contribution in [0.2, 0.25) is 0 Å². The summed E-state index contributed by atoms with van der Waals surface area (Å²) in [6.07, 6.45) is 28.3. The maximum absolute atomic E-state index is 4.88. The number of fused-ring (bicyclic) bond motifs is 1. The molecule has 0 amide bonds. The van der Waals surface area contributed by atoms with Crippen molar-refractivity contribution in [3.05, 3.63) is 23.8 Å². The minimum atomic E-state index is 0. The molecule has 5 fully saturated rings. The van der Waals surface area contributed by atoms with Gasteiger partial charge in [0.05, 0.1) is 0 Å². The van der Waals surface area contributed by atoms with E-state index in [2.05, 4.69) is 32.1 Å². The fraction of sp³-hybridized carbons (Fsp3) is 0.862. The van der Waals surface area contributed by atoms with Gasteiger partial charge in [-0.15, -0.1) is 0 Å². The van der Waals surface area contributed by atoms with Gasteiger partial charge in [-0.25, -0.2) is 0 Å². The molecule has 0 aromatic heterocycles. The van der Waals surface area contributed by atoms with Crippen molar-refractivity contribution in [2.45, 2.75) is 109 Å². The molecule has 9 atom stereocenters. The van der Waals surface area contributed by atoms with Gasteiger partial charge in [0.15, 0.2) is 0 Å². The minimum absolute atomic E-state index is 0. The smallest absolute Gasteiger partial charge is 0.00545 e. The van der Waals surface area contributed by atoms with E-state index >= 15 is 0 Å². The van der Waals surface area contributed by atoms with Crippen molar-refractivity contribution < 1.29 is 1.43 Å². The fourth-order valence-corrected chi connectivity index (χ4v) is 10.9. The van der Waals surface area contributed by atoms with Gasteiger partial charge in [0.1, 0.15) is 0 Å². The molecule has 5 saturated carbocycles. The van der Waals surface area contributed by atoms with Crippen molar-refractivity contribution >= 4 is 12.6 Å². The zero-order valence-corrected chi connectivity index (χ0v) is 20.4. The highest BCUT2D eigenvalue weighted by atomic mass is 32.1. The molecule has 6 aliphatic carbocycles. The number of hydrogen-bond acceptors (Lipinski definition) is 1. The summed E-state index contributed by atoms with van der Waals surface area (Å²) in [4.78, 5) is 0. The van der Waals surface area contributed by atoms with E-state index in [-0.39, 0.29) is 1.43 Å². The average Bonchev–Trinajstić information content (AvgIpc) is 2.97. The quantitative estimate of drug-likeness (QED) is 0.337. The maximum Gasteiger partial charge on any atom is 0.00545 e. The zero-order chi connectivity index (χ0) is 20.6. The molecule has 0 bridgehead atoms. The lowest BCUT2D eigenvalue weighted by Crippen LogP contribution is -2.39. The van der Waals surface area contributed by atoms with Gasteiger partial charge in [-0.05, 0) is 111 Å². The Morgan fingerprint density at radius 3 is 2.80 bits per heavy atom. The third-order valence-corrected chi connectivity index (χ3v) is 12.4. The Labute approximate surface area is 192 Å². The standard InChI is InChI=1S/C29H44S.H2/c1-3-20-7-4-5-8-21(20)9-6-10-22-11-12-25-27(22,2)16-15-26-28-18-14-24(30)19-23(28)13-17-29(25,26)28;/h6,9,13,20-22,24-26,30H,3-5,7-8,10-12,14-19H2,1-2H3;1H/b9-6+;. The van der Waals surface area contributed by atoms with E-state index in [1.54, 1.807) is 0 Å². The summed E-state index contributed by atoms with van der Waals surface area (Å²) in [5.74, 6) is 4.84. The van der Waals surface area contributed by atoms with Crippen LogP contribution in [0.25, 0.3) is 0 Å². The molecule has 0 aliphatic heterocycles. The van der Waals surface area contributed by atoms with Crippen LogP contribution in [0.1, 0.15) is 105 Å². The Morgan fingerprint density at radius 2 is 1.93 bits per heavy atom. The molecule has 0 heterocycles. The van der Waals surface area contributed by atoms with Gasteiger partial charge < -0.3 is 0 Å². The first kappa shape index (κ1) is 20.4. The highest BCUT2D eigenvalue weighted by Crippen LogP contribution is 2.90. The summed E-state index contributed by atoms with van der Waals surface area (Å²) in [5.41, 5.74) is 3.82. The van der Waals surface area contributed by atoms with Crippen molar-refractivity contribution in [1.82, 2.24) is 0 Å². The molecule has 6 aliphatic rings. The van der Waals surface area contributed by atoms with Crippen molar-refractivity contribution in [2.75, 3.05) is 0 Å². The van der Waals surface area contributed by atoms with E-state index in [9.17, 15) is 0 Å². The number of allylic oxidation sites excluding steroid dienone is 4. The number of rotatable bonds is 4. The van der Waals surface area contributed by atoms with Gasteiger partial charge in [-0.1, -0.05) is 56.9 Å². The molecule has 30 heavy (non-hydrogen) atoms. The monoisotopic (exact) mass is 426 g/mol. The molecule has 0 aromatic carbocycles. The van der Waals surface area contributed by atoms with E-state index in [4.69, 9.17) is 12.6 Å². The highest BCUT2D eigenvalue weighted by Gasteiger charge is 2.84. The predicted molar refractivity (Wildman–Crippen MR) is 133 cm³/mol. The first-order valence-electron chi connectivity index (χ1n) is 13.6. The molecule has 0 saturated heterocycles. The normalized spacial score (nSPS) is 54.3. The van der Waals surface area contributed by atoms with Crippen LogP contribution in [0.15, 0.2) is 23.8 Å². The lowest BCUT2D eigenvalue weighted by molar-refractivity contribution is 0.0376. The van der Waals surface area contributed by atoms with E-state index in [1.165, 1.54) is 89.9 Å². The summed E-state index contributed by atoms with van der Waals surface area (Å²) in [7, 11) is 0. The van der Waals surface area contributed by atoms with Crippen LogP contribution in [-0.2, 0) is 0 Å². The molecular weight excluding hydrogens is 380 g/mol. The van der Waals surface area contributed by atoms with Gasteiger partial charge in [0, 0.05) is 12.1 Å². The molecule has 0 nitrogen and oxygen atoms in total. The minimum Gasteiger partial charge on any atom is -0.176 e. The van der Waals surface area contributed by atoms with Crippen LogP contribution in [0, 0.1) is 45.8 Å². The molecule has 9 unspecified atom stereocenters. The van der Waals surface area contributed by atoms with Crippen LogP contribution < -0.4 is 0 Å². The topological polar surface area (TPSA) is 0 Å². The van der Waals surface area contributed by atoms with Crippen molar-refractivity contribution in [2.24, 2.45) is 45.8 Å². The van der Waals surface area contributed by atoms with Crippen molar-refractivity contribution in [3.8, 4) is 0 Å². The highest BCUT2D eigenvalue weighted by molar-refractivity contribution is 7.80. The molecule has 168 valence electrons. The van der Waals surface area contributed by atoms with E-state index in [1.807, 2.05) is 5.57 Å². The second kappa shape index (κ2) is 7.16. The van der Waals surface area contributed by atoms with E-state index in [0.717, 1.165) is 29.6 Å². The maximum atomic E-state index is 4.88. The summed E-state index contributed by atoms with van der Waals surface area (Å²) in [6, 6.07) is 0. The third kappa shape index (κ3) is 2.54. The zero-order valence-electron chi connectivity index (χ0n) is 19.5. The lowest BCUT2D eigenvalue weighted by Gasteiger charge is -2.45. The average molecular weight is 427 g/mol. The van der Waals surface area contributed by atoms with E-state index in [0.29, 0.717) is 21.5 Å². The molecule has 0 aromatic rings. The number of hydrogen-bond donors (Lipinski definition) is 1. The largest absolute Gasteiger partial charge is 0.176 e. The summed E-state index contributed by atoms with van der Waals surface area (Å²) < 4.78 is 0. The Hall–Kier alpha value is -0.170. The van der Waals surface area contributed by atoms with Gasteiger partial charge in [-0.3, -0.25) is 0 Å². The van der Waals surface area contributed by atoms with Crippen LogP contribution in [0.4, 0.5) is 0 Å². The fourth-order valence-electron chi connectivity index (χ4n) is 10.6. The van der Waals surface area contributed by atoms with Crippen LogP contribution >= 0.6 is 12.6 Å². The van der Waals surface area contributed by atoms with E-state index < -0.39 is 0 Å². The van der Waals surface area contributed by atoms with Crippen LogP contribution in [0.3, 0.4) is 0 Å². The molecule has 1 heteroatoms. The third-order valence-electron chi connectivity index (χ3n) is 12.0. The molecule has 2 spiro atoms. The molecule has 0 radical (unpaired) electrons. The van der Waals surface area contributed by atoms with Gasteiger partial charge in [0.2, 0.25) is 0 Å². The Balaban J connectivity index is 0.00000204. The first-order chi connectivity index (χ1) is 14.6. The summed E-state index contributed by atoms with van der Waals surface area (Å²) >= 11 is 4.88.